The Balaban J connectivity index is 2.91. The highest BCUT2D eigenvalue weighted by Gasteiger charge is 2.17. The molecule has 18 heavy (non-hydrogen) atoms. The van der Waals surface area contributed by atoms with Gasteiger partial charge in [0.05, 0.1) is 20.3 Å². The molecular weight excluding hydrogens is 230 g/mol. The Morgan fingerprint density at radius 1 is 1.22 bits per heavy atom. The fourth-order valence-electron chi connectivity index (χ4n) is 1.68. The molecule has 1 atom stereocenters. The van der Waals surface area contributed by atoms with Crippen LogP contribution in [0.3, 0.4) is 0 Å². The summed E-state index contributed by atoms with van der Waals surface area (Å²) in [5, 5.41) is 10.3. The minimum Gasteiger partial charge on any atom is -0.497 e. The fourth-order valence-corrected chi connectivity index (χ4v) is 1.68. The number of aliphatic hydroxyl groups is 1. The van der Waals surface area contributed by atoms with E-state index in [-0.39, 0.29) is 0 Å². The van der Waals surface area contributed by atoms with Crippen LogP contribution in [0, 0.1) is 0 Å². The maximum atomic E-state index is 10.3. The molecular formula is C14H23NO3. The zero-order chi connectivity index (χ0) is 13.7. The molecule has 0 aliphatic heterocycles. The third-order valence-corrected chi connectivity index (χ3v) is 3.14. The molecule has 1 unspecified atom stereocenters. The Hall–Kier alpha value is -1.26. The predicted octanol–water partition coefficient (Wildman–Crippen LogP) is 2.08. The highest BCUT2D eigenvalue weighted by molar-refractivity contribution is 5.41. The van der Waals surface area contributed by atoms with E-state index >= 15 is 0 Å². The van der Waals surface area contributed by atoms with E-state index in [0.29, 0.717) is 18.3 Å². The number of likely N-dealkylation sites (N-methyl/N-ethyl adjacent to an activating group) is 1. The second kappa shape index (κ2) is 6.61. The molecule has 4 nitrogen and oxygen atoms in total. The van der Waals surface area contributed by atoms with Gasteiger partial charge in [0.2, 0.25) is 0 Å². The first-order valence-electron chi connectivity index (χ1n) is 6.09. The molecule has 4 heteroatoms. The second-order valence-corrected chi connectivity index (χ2v) is 4.66. The first-order valence-corrected chi connectivity index (χ1v) is 6.09. The zero-order valence-corrected chi connectivity index (χ0v) is 11.8. The van der Waals surface area contributed by atoms with Crippen molar-refractivity contribution in [2.75, 3.05) is 27.8 Å². The number of rotatable bonds is 6. The summed E-state index contributed by atoms with van der Waals surface area (Å²) >= 11 is 0. The van der Waals surface area contributed by atoms with Crippen molar-refractivity contribution in [1.29, 1.82) is 0 Å². The largest absolute Gasteiger partial charge is 0.497 e. The van der Waals surface area contributed by atoms with Crippen molar-refractivity contribution < 1.29 is 14.6 Å². The summed E-state index contributed by atoms with van der Waals surface area (Å²) in [6, 6.07) is 5.84. The molecule has 0 aliphatic carbocycles. The lowest BCUT2D eigenvalue weighted by molar-refractivity contribution is 0.110. The standard InChI is InChI=1S/C14H23NO3/c1-10(2)15(3)9-13(16)12-8-11(17-4)6-7-14(12)18-5/h6-8,10,13,16H,9H2,1-5H3. The van der Waals surface area contributed by atoms with Gasteiger partial charge in [0, 0.05) is 18.2 Å². The minimum atomic E-state index is -0.595. The maximum Gasteiger partial charge on any atom is 0.124 e. The van der Waals surface area contributed by atoms with Crippen LogP contribution in [-0.2, 0) is 0 Å². The van der Waals surface area contributed by atoms with E-state index < -0.39 is 6.10 Å². The van der Waals surface area contributed by atoms with E-state index in [9.17, 15) is 5.11 Å². The summed E-state index contributed by atoms with van der Waals surface area (Å²) in [6.07, 6.45) is -0.595. The number of hydrogen-bond donors (Lipinski definition) is 1. The lowest BCUT2D eigenvalue weighted by Gasteiger charge is -2.25. The molecule has 1 rings (SSSR count). The van der Waals surface area contributed by atoms with Crippen molar-refractivity contribution >= 4 is 0 Å². The number of ether oxygens (including phenoxy) is 2. The van der Waals surface area contributed by atoms with Gasteiger partial charge in [-0.05, 0) is 39.1 Å². The summed E-state index contributed by atoms with van der Waals surface area (Å²) in [6.45, 7) is 4.74. The third kappa shape index (κ3) is 3.62. The van der Waals surface area contributed by atoms with E-state index in [1.54, 1.807) is 14.2 Å². The van der Waals surface area contributed by atoms with Crippen LogP contribution in [0.5, 0.6) is 11.5 Å². The van der Waals surface area contributed by atoms with Gasteiger partial charge in [-0.3, -0.25) is 0 Å². The van der Waals surface area contributed by atoms with Gasteiger partial charge in [-0.25, -0.2) is 0 Å². The van der Waals surface area contributed by atoms with Crippen molar-refractivity contribution in [3.63, 3.8) is 0 Å². The molecule has 1 aromatic carbocycles. The molecule has 102 valence electrons. The van der Waals surface area contributed by atoms with E-state index in [2.05, 4.69) is 18.7 Å². The van der Waals surface area contributed by atoms with Crippen LogP contribution in [-0.4, -0.2) is 43.9 Å². The van der Waals surface area contributed by atoms with Crippen LogP contribution in [0.2, 0.25) is 0 Å². The molecule has 1 aromatic rings. The average Bonchev–Trinajstić information content (AvgIpc) is 2.37. The van der Waals surface area contributed by atoms with Gasteiger partial charge >= 0.3 is 0 Å². The molecule has 0 saturated carbocycles. The number of aliphatic hydroxyl groups excluding tert-OH is 1. The quantitative estimate of drug-likeness (QED) is 0.843. The summed E-state index contributed by atoms with van der Waals surface area (Å²) < 4.78 is 10.5. The van der Waals surface area contributed by atoms with Gasteiger partial charge in [-0.15, -0.1) is 0 Å². The van der Waals surface area contributed by atoms with Crippen LogP contribution < -0.4 is 9.47 Å². The monoisotopic (exact) mass is 253 g/mol. The topological polar surface area (TPSA) is 41.9 Å². The van der Waals surface area contributed by atoms with Crippen molar-refractivity contribution in [3.8, 4) is 11.5 Å². The summed E-state index contributed by atoms with van der Waals surface area (Å²) in [4.78, 5) is 2.09. The lowest BCUT2D eigenvalue weighted by atomic mass is 10.1. The number of hydrogen-bond acceptors (Lipinski definition) is 4. The molecule has 0 saturated heterocycles. The van der Waals surface area contributed by atoms with Gasteiger partial charge in [0.15, 0.2) is 0 Å². The van der Waals surface area contributed by atoms with E-state index in [1.807, 2.05) is 25.2 Å². The van der Waals surface area contributed by atoms with E-state index in [0.717, 1.165) is 11.3 Å². The summed E-state index contributed by atoms with van der Waals surface area (Å²) in [5.41, 5.74) is 0.754. The molecule has 0 spiro atoms. The highest BCUT2D eigenvalue weighted by Crippen LogP contribution is 2.29. The molecule has 1 N–H and O–H groups in total. The van der Waals surface area contributed by atoms with Gasteiger partial charge in [0.25, 0.3) is 0 Å². The highest BCUT2D eigenvalue weighted by atomic mass is 16.5. The molecule has 0 amide bonds. The number of methoxy groups -OCH3 is 2. The molecule has 0 radical (unpaired) electrons. The molecule has 0 fully saturated rings. The van der Waals surface area contributed by atoms with Gasteiger partial charge in [-0.2, -0.15) is 0 Å². The number of benzene rings is 1. The Labute approximate surface area is 109 Å². The predicted molar refractivity (Wildman–Crippen MR) is 72.3 cm³/mol. The molecule has 0 aliphatic rings. The first kappa shape index (κ1) is 14.8. The van der Waals surface area contributed by atoms with Crippen LogP contribution in [0.25, 0.3) is 0 Å². The Bertz CT molecular complexity index is 379. The second-order valence-electron chi connectivity index (χ2n) is 4.66. The number of nitrogens with zero attached hydrogens (tertiary/aromatic N) is 1. The third-order valence-electron chi connectivity index (χ3n) is 3.14. The van der Waals surface area contributed by atoms with Crippen molar-refractivity contribution in [3.05, 3.63) is 23.8 Å². The van der Waals surface area contributed by atoms with Gasteiger partial charge < -0.3 is 19.5 Å². The normalized spacial score (nSPS) is 12.9. The zero-order valence-electron chi connectivity index (χ0n) is 11.8. The van der Waals surface area contributed by atoms with Crippen LogP contribution >= 0.6 is 0 Å². The Kier molecular flexibility index (Phi) is 5.44. The Morgan fingerprint density at radius 3 is 2.39 bits per heavy atom. The van der Waals surface area contributed by atoms with Crippen LogP contribution in [0.15, 0.2) is 18.2 Å². The van der Waals surface area contributed by atoms with Crippen molar-refractivity contribution in [2.45, 2.75) is 26.0 Å². The van der Waals surface area contributed by atoms with Crippen LogP contribution in [0.4, 0.5) is 0 Å². The minimum absolute atomic E-state index is 0.385. The average molecular weight is 253 g/mol. The van der Waals surface area contributed by atoms with E-state index in [1.165, 1.54) is 0 Å². The summed E-state index contributed by atoms with van der Waals surface area (Å²) in [5.74, 6) is 1.40. The molecule has 0 bridgehead atoms. The SMILES string of the molecule is COc1ccc(OC)c(C(O)CN(C)C(C)C)c1. The summed E-state index contributed by atoms with van der Waals surface area (Å²) in [7, 11) is 5.20. The maximum absolute atomic E-state index is 10.3. The molecule has 0 heterocycles. The van der Waals surface area contributed by atoms with E-state index in [4.69, 9.17) is 9.47 Å². The molecule has 0 aromatic heterocycles. The lowest BCUT2D eigenvalue weighted by Crippen LogP contribution is -2.30. The smallest absolute Gasteiger partial charge is 0.124 e. The van der Waals surface area contributed by atoms with Gasteiger partial charge in [-0.1, -0.05) is 0 Å². The Morgan fingerprint density at radius 2 is 1.89 bits per heavy atom. The van der Waals surface area contributed by atoms with Crippen LogP contribution in [0.1, 0.15) is 25.5 Å². The van der Waals surface area contributed by atoms with Crippen molar-refractivity contribution in [2.24, 2.45) is 0 Å². The van der Waals surface area contributed by atoms with Crippen molar-refractivity contribution in [1.82, 2.24) is 4.90 Å². The van der Waals surface area contributed by atoms with Gasteiger partial charge in [0.1, 0.15) is 11.5 Å². The fraction of sp³-hybridized carbons (Fsp3) is 0.571. The first-order chi connectivity index (χ1) is 8.49.